The summed E-state index contributed by atoms with van der Waals surface area (Å²) in [6.07, 6.45) is 0. The Morgan fingerprint density at radius 1 is 1.40 bits per heavy atom. The van der Waals surface area contributed by atoms with Crippen LogP contribution < -0.4 is 0 Å². The molecule has 1 nitrogen and oxygen atoms in total. The van der Waals surface area contributed by atoms with Crippen LogP contribution in [0.15, 0.2) is 23.7 Å². The fourth-order valence-corrected chi connectivity index (χ4v) is 2.41. The number of aromatic nitrogens is 1. The summed E-state index contributed by atoms with van der Waals surface area (Å²) in [5.41, 5.74) is 2.99. The molecule has 0 spiro atoms. The second-order valence-corrected chi connectivity index (χ2v) is 3.96. The molecule has 2 aromatic rings. The van der Waals surface area contributed by atoms with E-state index in [2.05, 4.69) is 33.6 Å². The van der Waals surface area contributed by atoms with E-state index in [0.29, 0.717) is 0 Å². The molecule has 0 fully saturated rings. The number of halogens is 1. The molecule has 0 amide bonds. The minimum absolute atomic E-state index is 1.11. The standard InChI is InChI=1S/C7H4INS/c8-5-2-1-3-6-7(5)10-4-9-6/h1-4H. The molecular formula is C7H4INS. The zero-order valence-corrected chi connectivity index (χ0v) is 8.02. The molecule has 0 N–H and O–H groups in total. The first-order valence-electron chi connectivity index (χ1n) is 2.85. The molecule has 0 radical (unpaired) electrons. The Morgan fingerprint density at radius 3 is 3.10 bits per heavy atom. The van der Waals surface area contributed by atoms with E-state index in [1.54, 1.807) is 11.3 Å². The summed E-state index contributed by atoms with van der Waals surface area (Å²) < 4.78 is 2.58. The highest BCUT2D eigenvalue weighted by Crippen LogP contribution is 2.22. The predicted octanol–water partition coefficient (Wildman–Crippen LogP) is 2.90. The Kier molecular flexibility index (Phi) is 1.61. The SMILES string of the molecule is Ic1cccc2ncsc12. The molecule has 0 atom stereocenters. The van der Waals surface area contributed by atoms with Gasteiger partial charge in [0.25, 0.3) is 0 Å². The van der Waals surface area contributed by atoms with Crippen LogP contribution in [0.1, 0.15) is 0 Å². The molecule has 1 aromatic carbocycles. The Balaban J connectivity index is 2.95. The molecule has 0 saturated carbocycles. The monoisotopic (exact) mass is 261 g/mol. The summed E-state index contributed by atoms with van der Waals surface area (Å²) in [4.78, 5) is 4.19. The van der Waals surface area contributed by atoms with Crippen molar-refractivity contribution in [3.8, 4) is 0 Å². The van der Waals surface area contributed by atoms with Gasteiger partial charge in [-0.25, -0.2) is 4.98 Å². The number of hydrogen-bond acceptors (Lipinski definition) is 2. The van der Waals surface area contributed by atoms with E-state index in [1.165, 1.54) is 8.27 Å². The van der Waals surface area contributed by atoms with Gasteiger partial charge in [-0.2, -0.15) is 0 Å². The number of benzene rings is 1. The minimum atomic E-state index is 1.11. The number of fused-ring (bicyclic) bond motifs is 1. The van der Waals surface area contributed by atoms with Crippen LogP contribution in [0.25, 0.3) is 10.2 Å². The zero-order chi connectivity index (χ0) is 6.97. The van der Waals surface area contributed by atoms with E-state index in [-0.39, 0.29) is 0 Å². The maximum Gasteiger partial charge on any atom is 0.0822 e. The van der Waals surface area contributed by atoms with Crippen LogP contribution >= 0.6 is 33.9 Å². The summed E-state index contributed by atoms with van der Waals surface area (Å²) in [5, 5.41) is 0. The van der Waals surface area contributed by atoms with Gasteiger partial charge in [0, 0.05) is 3.57 Å². The van der Waals surface area contributed by atoms with Crippen molar-refractivity contribution in [1.82, 2.24) is 4.98 Å². The number of thiazole rings is 1. The van der Waals surface area contributed by atoms with Gasteiger partial charge in [-0.05, 0) is 34.7 Å². The van der Waals surface area contributed by atoms with E-state index >= 15 is 0 Å². The highest BCUT2D eigenvalue weighted by Gasteiger charge is 1.97. The first-order valence-corrected chi connectivity index (χ1v) is 4.81. The second-order valence-electron chi connectivity index (χ2n) is 1.94. The lowest BCUT2D eigenvalue weighted by atomic mass is 10.3. The molecule has 0 aliphatic rings. The molecule has 0 unspecified atom stereocenters. The maximum atomic E-state index is 4.19. The Bertz CT molecular complexity index is 355. The molecule has 10 heavy (non-hydrogen) atoms. The first kappa shape index (κ1) is 6.54. The van der Waals surface area contributed by atoms with Crippen LogP contribution in [0.2, 0.25) is 0 Å². The molecule has 0 aliphatic carbocycles. The minimum Gasteiger partial charge on any atom is -0.245 e. The van der Waals surface area contributed by atoms with Crippen LogP contribution in [0.3, 0.4) is 0 Å². The Labute approximate surface area is 76.2 Å². The van der Waals surface area contributed by atoms with Crippen molar-refractivity contribution in [3.05, 3.63) is 27.3 Å². The molecule has 50 valence electrons. The highest BCUT2D eigenvalue weighted by molar-refractivity contribution is 14.1. The van der Waals surface area contributed by atoms with Crippen molar-refractivity contribution >= 4 is 44.1 Å². The molecule has 3 heteroatoms. The van der Waals surface area contributed by atoms with Gasteiger partial charge >= 0.3 is 0 Å². The number of hydrogen-bond donors (Lipinski definition) is 0. The van der Waals surface area contributed by atoms with Crippen molar-refractivity contribution in [2.24, 2.45) is 0 Å². The molecular weight excluding hydrogens is 257 g/mol. The summed E-state index contributed by atoms with van der Waals surface area (Å²) in [6, 6.07) is 6.17. The van der Waals surface area contributed by atoms with Gasteiger partial charge in [0.15, 0.2) is 0 Å². The Morgan fingerprint density at radius 2 is 2.30 bits per heavy atom. The first-order chi connectivity index (χ1) is 4.88. The summed E-state index contributed by atoms with van der Waals surface area (Å²) in [7, 11) is 0. The van der Waals surface area contributed by atoms with Gasteiger partial charge in [0.2, 0.25) is 0 Å². The van der Waals surface area contributed by atoms with Gasteiger partial charge in [-0.1, -0.05) is 6.07 Å². The fourth-order valence-electron chi connectivity index (χ4n) is 0.852. The van der Waals surface area contributed by atoms with E-state index in [0.717, 1.165) is 5.52 Å². The number of nitrogens with zero attached hydrogens (tertiary/aromatic N) is 1. The van der Waals surface area contributed by atoms with Gasteiger partial charge in [-0.15, -0.1) is 11.3 Å². The van der Waals surface area contributed by atoms with Gasteiger partial charge in [-0.3, -0.25) is 0 Å². The number of rotatable bonds is 0. The van der Waals surface area contributed by atoms with Gasteiger partial charge in [0.1, 0.15) is 0 Å². The summed E-state index contributed by atoms with van der Waals surface area (Å²) in [6.45, 7) is 0. The average Bonchev–Trinajstić information content (AvgIpc) is 2.36. The quantitative estimate of drug-likeness (QED) is 0.664. The lowest BCUT2D eigenvalue weighted by Crippen LogP contribution is -1.69. The molecule has 1 aromatic heterocycles. The summed E-state index contributed by atoms with van der Waals surface area (Å²) >= 11 is 4.02. The largest absolute Gasteiger partial charge is 0.245 e. The fraction of sp³-hybridized carbons (Fsp3) is 0. The van der Waals surface area contributed by atoms with E-state index < -0.39 is 0 Å². The maximum absolute atomic E-state index is 4.19. The Hall–Kier alpha value is -0.160. The van der Waals surface area contributed by atoms with E-state index in [4.69, 9.17) is 0 Å². The van der Waals surface area contributed by atoms with E-state index in [9.17, 15) is 0 Å². The van der Waals surface area contributed by atoms with Crippen molar-refractivity contribution in [2.75, 3.05) is 0 Å². The van der Waals surface area contributed by atoms with Crippen LogP contribution in [0.4, 0.5) is 0 Å². The normalized spacial score (nSPS) is 10.5. The van der Waals surface area contributed by atoms with Crippen molar-refractivity contribution < 1.29 is 0 Å². The van der Waals surface area contributed by atoms with Crippen molar-refractivity contribution in [1.29, 1.82) is 0 Å². The molecule has 0 bridgehead atoms. The smallest absolute Gasteiger partial charge is 0.0822 e. The molecule has 1 heterocycles. The topological polar surface area (TPSA) is 12.9 Å². The van der Waals surface area contributed by atoms with Crippen molar-refractivity contribution in [2.45, 2.75) is 0 Å². The van der Waals surface area contributed by atoms with Crippen molar-refractivity contribution in [3.63, 3.8) is 0 Å². The van der Waals surface area contributed by atoms with E-state index in [1.807, 2.05) is 17.6 Å². The van der Waals surface area contributed by atoms with Crippen LogP contribution in [0, 0.1) is 3.57 Å². The molecule has 0 saturated heterocycles. The third-order valence-electron chi connectivity index (χ3n) is 1.31. The zero-order valence-electron chi connectivity index (χ0n) is 5.04. The predicted molar refractivity (Wildman–Crippen MR) is 52.3 cm³/mol. The van der Waals surface area contributed by atoms with Crippen LogP contribution in [-0.4, -0.2) is 4.98 Å². The summed E-state index contributed by atoms with van der Waals surface area (Å²) in [5.74, 6) is 0. The lowest BCUT2D eigenvalue weighted by molar-refractivity contribution is 1.50. The van der Waals surface area contributed by atoms with Crippen LogP contribution in [0.5, 0.6) is 0 Å². The molecule has 2 rings (SSSR count). The third kappa shape index (κ3) is 0.932. The average molecular weight is 261 g/mol. The van der Waals surface area contributed by atoms with Gasteiger partial charge in [0.05, 0.1) is 15.7 Å². The highest BCUT2D eigenvalue weighted by atomic mass is 127. The molecule has 0 aliphatic heterocycles. The lowest BCUT2D eigenvalue weighted by Gasteiger charge is -1.88. The van der Waals surface area contributed by atoms with Crippen LogP contribution in [-0.2, 0) is 0 Å². The third-order valence-corrected chi connectivity index (χ3v) is 3.45. The van der Waals surface area contributed by atoms with Gasteiger partial charge < -0.3 is 0 Å². The second kappa shape index (κ2) is 2.47.